The Hall–Kier alpha value is -0.590. The van der Waals surface area contributed by atoms with Crippen LogP contribution in [0.3, 0.4) is 0 Å². The Balaban J connectivity index is 3.09. The number of hydrogen-bond donors (Lipinski definition) is 0. The highest BCUT2D eigenvalue weighted by Crippen LogP contribution is 2.15. The van der Waals surface area contributed by atoms with Gasteiger partial charge < -0.3 is 0 Å². The first kappa shape index (κ1) is 12.5. The molecule has 1 unspecified atom stereocenters. The number of aromatic nitrogens is 2. The molecule has 0 saturated heterocycles. The lowest BCUT2D eigenvalue weighted by Gasteiger charge is -2.22. The summed E-state index contributed by atoms with van der Waals surface area (Å²) in [5.74, 6) is 0.258. The fourth-order valence-corrected chi connectivity index (χ4v) is 2.84. The van der Waals surface area contributed by atoms with Crippen molar-refractivity contribution < 1.29 is 8.42 Å². The van der Waals surface area contributed by atoms with E-state index in [0.717, 1.165) is 0 Å². The third kappa shape index (κ3) is 2.32. The van der Waals surface area contributed by atoms with Crippen LogP contribution in [0.4, 0.5) is 0 Å². The number of sulfonamides is 1. The maximum Gasteiger partial charge on any atom is 0.260 e. The SMILES string of the molecule is CC(CCl)N(C)S(=O)(=O)c1ccnn1C. The van der Waals surface area contributed by atoms with E-state index in [2.05, 4.69) is 5.10 Å². The van der Waals surface area contributed by atoms with E-state index in [0.29, 0.717) is 0 Å². The average molecular weight is 252 g/mol. The molecule has 1 atom stereocenters. The zero-order chi connectivity index (χ0) is 11.6. The van der Waals surface area contributed by atoms with E-state index in [-0.39, 0.29) is 16.9 Å². The highest BCUT2D eigenvalue weighted by Gasteiger charge is 2.27. The van der Waals surface area contributed by atoms with E-state index >= 15 is 0 Å². The van der Waals surface area contributed by atoms with Crippen molar-refractivity contribution in [2.45, 2.75) is 18.0 Å². The van der Waals surface area contributed by atoms with Crippen molar-refractivity contribution in [3.8, 4) is 0 Å². The second kappa shape index (κ2) is 4.51. The molecule has 0 amide bonds. The first-order valence-corrected chi connectivity index (χ1v) is 6.40. The van der Waals surface area contributed by atoms with Gasteiger partial charge in [0.2, 0.25) is 0 Å². The molecule has 0 spiro atoms. The van der Waals surface area contributed by atoms with Crippen molar-refractivity contribution in [1.82, 2.24) is 14.1 Å². The second-order valence-electron chi connectivity index (χ2n) is 3.32. The van der Waals surface area contributed by atoms with E-state index in [1.54, 1.807) is 14.0 Å². The summed E-state index contributed by atoms with van der Waals surface area (Å²) in [7, 11) is -0.390. The van der Waals surface area contributed by atoms with Crippen molar-refractivity contribution in [3.63, 3.8) is 0 Å². The number of aryl methyl sites for hydroxylation is 1. The maximum atomic E-state index is 12.0. The molecule has 5 nitrogen and oxygen atoms in total. The lowest BCUT2D eigenvalue weighted by molar-refractivity contribution is 0.408. The van der Waals surface area contributed by atoms with Crippen LogP contribution in [0.15, 0.2) is 17.3 Å². The molecule has 0 aromatic carbocycles. The van der Waals surface area contributed by atoms with Crippen LogP contribution < -0.4 is 0 Å². The van der Waals surface area contributed by atoms with Gasteiger partial charge >= 0.3 is 0 Å². The highest BCUT2D eigenvalue weighted by molar-refractivity contribution is 7.89. The van der Waals surface area contributed by atoms with Gasteiger partial charge in [-0.2, -0.15) is 9.40 Å². The van der Waals surface area contributed by atoms with Crippen molar-refractivity contribution in [2.75, 3.05) is 12.9 Å². The first-order valence-electron chi connectivity index (χ1n) is 4.43. The van der Waals surface area contributed by atoms with Gasteiger partial charge in [0, 0.05) is 26.0 Å². The fraction of sp³-hybridized carbons (Fsp3) is 0.625. The predicted octanol–water partition coefficient (Wildman–Crippen LogP) is 0.668. The molecule has 1 aromatic heterocycles. The Morgan fingerprint density at radius 3 is 2.67 bits per heavy atom. The van der Waals surface area contributed by atoms with Crippen molar-refractivity contribution in [1.29, 1.82) is 0 Å². The maximum absolute atomic E-state index is 12.0. The van der Waals surface area contributed by atoms with E-state index in [9.17, 15) is 8.42 Å². The average Bonchev–Trinajstić information content (AvgIpc) is 2.62. The van der Waals surface area contributed by atoms with Crippen LogP contribution in [0.1, 0.15) is 6.92 Å². The highest BCUT2D eigenvalue weighted by atomic mass is 35.5. The molecular weight excluding hydrogens is 238 g/mol. The van der Waals surface area contributed by atoms with Gasteiger partial charge in [0.1, 0.15) is 0 Å². The summed E-state index contributed by atoms with van der Waals surface area (Å²) in [5.41, 5.74) is 0. The summed E-state index contributed by atoms with van der Waals surface area (Å²) < 4.78 is 26.6. The Morgan fingerprint density at radius 1 is 1.67 bits per heavy atom. The van der Waals surface area contributed by atoms with Crippen LogP contribution in [0.2, 0.25) is 0 Å². The molecule has 1 heterocycles. The Labute approximate surface area is 94.7 Å². The Bertz CT molecular complexity index is 429. The number of nitrogens with zero attached hydrogens (tertiary/aromatic N) is 3. The molecule has 0 aliphatic rings. The van der Waals surface area contributed by atoms with Crippen LogP contribution in [-0.2, 0) is 17.1 Å². The quantitative estimate of drug-likeness (QED) is 0.739. The van der Waals surface area contributed by atoms with Crippen molar-refractivity contribution >= 4 is 21.6 Å². The molecule has 0 radical (unpaired) electrons. The minimum atomic E-state index is -3.49. The lowest BCUT2D eigenvalue weighted by atomic mass is 10.4. The molecule has 7 heteroatoms. The van der Waals surface area contributed by atoms with Crippen LogP contribution in [0, 0.1) is 0 Å². The lowest BCUT2D eigenvalue weighted by Crippen LogP contribution is -2.37. The van der Waals surface area contributed by atoms with Gasteiger partial charge in [-0.15, -0.1) is 11.6 Å². The molecule has 1 aromatic rings. The zero-order valence-electron chi connectivity index (χ0n) is 8.88. The van der Waals surface area contributed by atoms with Crippen molar-refractivity contribution in [2.24, 2.45) is 7.05 Å². The predicted molar refractivity (Wildman–Crippen MR) is 58.3 cm³/mol. The summed E-state index contributed by atoms with van der Waals surface area (Å²) in [6, 6.07) is 1.22. The Morgan fingerprint density at radius 2 is 2.27 bits per heavy atom. The van der Waals surface area contributed by atoms with Crippen LogP contribution in [-0.4, -0.2) is 41.5 Å². The van der Waals surface area contributed by atoms with Crippen LogP contribution in [0.5, 0.6) is 0 Å². The van der Waals surface area contributed by atoms with Gasteiger partial charge in [0.15, 0.2) is 5.03 Å². The molecule has 15 heavy (non-hydrogen) atoms. The van der Waals surface area contributed by atoms with Crippen LogP contribution >= 0.6 is 11.6 Å². The van der Waals surface area contributed by atoms with Gasteiger partial charge in [-0.3, -0.25) is 4.68 Å². The molecule has 0 fully saturated rings. The minimum Gasteiger partial charge on any atom is -0.256 e. The molecule has 0 saturated carbocycles. The molecule has 0 N–H and O–H groups in total. The molecule has 0 aliphatic carbocycles. The zero-order valence-corrected chi connectivity index (χ0v) is 10.5. The number of hydrogen-bond acceptors (Lipinski definition) is 3. The number of alkyl halides is 1. The molecule has 86 valence electrons. The first-order chi connectivity index (χ1) is 6.91. The third-order valence-corrected chi connectivity index (χ3v) is 4.76. The van der Waals surface area contributed by atoms with E-state index in [1.807, 2.05) is 0 Å². The molecule has 1 rings (SSSR count). The summed E-state index contributed by atoms with van der Waals surface area (Å²) in [4.78, 5) is 0. The second-order valence-corrected chi connectivity index (χ2v) is 5.57. The van der Waals surface area contributed by atoms with E-state index in [1.165, 1.54) is 28.3 Å². The van der Waals surface area contributed by atoms with Gasteiger partial charge in [-0.1, -0.05) is 0 Å². The summed E-state index contributed by atoms with van der Waals surface area (Å²) in [6.45, 7) is 1.75. The number of rotatable bonds is 4. The number of halogens is 1. The monoisotopic (exact) mass is 251 g/mol. The van der Waals surface area contributed by atoms with Gasteiger partial charge in [-0.05, 0) is 13.0 Å². The fourth-order valence-electron chi connectivity index (χ4n) is 1.10. The largest absolute Gasteiger partial charge is 0.260 e. The smallest absolute Gasteiger partial charge is 0.256 e. The summed E-state index contributed by atoms with van der Waals surface area (Å²) >= 11 is 5.63. The summed E-state index contributed by atoms with van der Waals surface area (Å²) in [6.07, 6.45) is 1.45. The third-order valence-electron chi connectivity index (χ3n) is 2.26. The van der Waals surface area contributed by atoms with Crippen molar-refractivity contribution in [3.05, 3.63) is 12.3 Å². The van der Waals surface area contributed by atoms with Gasteiger partial charge in [0.25, 0.3) is 10.0 Å². The van der Waals surface area contributed by atoms with E-state index < -0.39 is 10.0 Å². The molecule has 0 bridgehead atoms. The van der Waals surface area contributed by atoms with Gasteiger partial charge in [0.05, 0.1) is 6.20 Å². The summed E-state index contributed by atoms with van der Waals surface area (Å²) in [5, 5.41) is 4.00. The molecular formula is C8H14ClN3O2S. The van der Waals surface area contributed by atoms with Gasteiger partial charge in [-0.25, -0.2) is 8.42 Å². The molecule has 0 aliphatic heterocycles. The van der Waals surface area contributed by atoms with Crippen LogP contribution in [0.25, 0.3) is 0 Å². The van der Waals surface area contributed by atoms with E-state index in [4.69, 9.17) is 11.6 Å². The standard InChI is InChI=1S/C8H14ClN3O2S/c1-7(6-9)12(3)15(13,14)8-4-5-10-11(8)2/h4-5,7H,6H2,1-3H3. The topological polar surface area (TPSA) is 55.2 Å². The minimum absolute atomic E-state index is 0.168. The Kier molecular flexibility index (Phi) is 3.75. The normalized spacial score (nSPS) is 14.5.